The minimum absolute atomic E-state index is 0. The number of hydrogen-bond donors (Lipinski definition) is 2. The Morgan fingerprint density at radius 1 is 1.08 bits per heavy atom. The molecule has 0 fully saturated rings. The van der Waals surface area contributed by atoms with Gasteiger partial charge in [-0.15, -0.1) is 34.2 Å². The fraction of sp³-hybridized carbons (Fsp3) is 0.278. The molecule has 2 N–H and O–H groups in total. The summed E-state index contributed by atoms with van der Waals surface area (Å²) in [5.41, 5.74) is 2.00. The lowest BCUT2D eigenvalue weighted by Gasteiger charge is -2.11. The summed E-state index contributed by atoms with van der Waals surface area (Å²) >= 11 is 0. The third-order valence-corrected chi connectivity index (χ3v) is 3.67. The van der Waals surface area contributed by atoms with Crippen molar-refractivity contribution in [2.24, 2.45) is 4.99 Å². The Kier molecular flexibility index (Phi) is 8.29. The van der Waals surface area contributed by atoms with E-state index in [0.717, 1.165) is 11.5 Å². The number of halogens is 1. The summed E-state index contributed by atoms with van der Waals surface area (Å²) in [7, 11) is 1.74. The standard InChI is InChI=1S/C18H22N6O.HI/c1-19-18(20-10-12-25-14-15-7-3-2-4-8-15)21-13-17-23-22-16-9-5-6-11-24(16)17;/h2-9,11H,10,12-14H2,1H3,(H2,19,20,21);1H. The molecule has 0 saturated carbocycles. The Morgan fingerprint density at radius 3 is 2.69 bits per heavy atom. The van der Waals surface area contributed by atoms with E-state index in [4.69, 9.17) is 4.74 Å². The second kappa shape index (κ2) is 10.7. The predicted molar refractivity (Wildman–Crippen MR) is 113 cm³/mol. The van der Waals surface area contributed by atoms with Crippen LogP contribution in [0, 0.1) is 0 Å². The molecule has 0 bridgehead atoms. The van der Waals surface area contributed by atoms with Crippen molar-refractivity contribution in [1.82, 2.24) is 25.2 Å². The molecular weight excluding hydrogens is 443 g/mol. The third kappa shape index (κ3) is 5.67. The second-order valence-electron chi connectivity index (χ2n) is 5.44. The molecule has 0 aliphatic heterocycles. The molecule has 0 aliphatic rings. The topological polar surface area (TPSA) is 75.8 Å². The zero-order valence-electron chi connectivity index (χ0n) is 14.6. The molecule has 0 saturated heterocycles. The van der Waals surface area contributed by atoms with Gasteiger partial charge in [-0.05, 0) is 17.7 Å². The second-order valence-corrected chi connectivity index (χ2v) is 5.44. The normalized spacial score (nSPS) is 11.2. The molecule has 0 unspecified atom stereocenters. The number of aromatic nitrogens is 3. The average Bonchev–Trinajstić information content (AvgIpc) is 3.08. The summed E-state index contributed by atoms with van der Waals surface area (Å²) in [4.78, 5) is 4.20. The number of fused-ring (bicyclic) bond motifs is 1. The van der Waals surface area contributed by atoms with Gasteiger partial charge in [-0.3, -0.25) is 9.39 Å². The molecule has 0 atom stereocenters. The van der Waals surface area contributed by atoms with Gasteiger partial charge in [0.05, 0.1) is 19.8 Å². The van der Waals surface area contributed by atoms with E-state index in [1.165, 1.54) is 5.56 Å². The average molecular weight is 466 g/mol. The van der Waals surface area contributed by atoms with E-state index in [-0.39, 0.29) is 24.0 Å². The number of rotatable bonds is 7. The lowest BCUT2D eigenvalue weighted by Crippen LogP contribution is -2.38. The zero-order valence-corrected chi connectivity index (χ0v) is 17.0. The summed E-state index contributed by atoms with van der Waals surface area (Å²) in [6.45, 7) is 2.42. The molecule has 0 spiro atoms. The molecule has 8 heteroatoms. The Bertz CT molecular complexity index is 821. The minimum Gasteiger partial charge on any atom is -0.375 e. The molecule has 7 nitrogen and oxygen atoms in total. The predicted octanol–water partition coefficient (Wildman–Crippen LogP) is 2.23. The van der Waals surface area contributed by atoms with Crippen molar-refractivity contribution in [3.8, 4) is 0 Å². The number of pyridine rings is 1. The fourth-order valence-corrected chi connectivity index (χ4v) is 2.40. The lowest BCUT2D eigenvalue weighted by atomic mass is 10.2. The van der Waals surface area contributed by atoms with Crippen molar-refractivity contribution in [1.29, 1.82) is 0 Å². The lowest BCUT2D eigenvalue weighted by molar-refractivity contribution is 0.125. The monoisotopic (exact) mass is 466 g/mol. The summed E-state index contributed by atoms with van der Waals surface area (Å²) in [6.07, 6.45) is 1.94. The molecule has 0 radical (unpaired) electrons. The van der Waals surface area contributed by atoms with E-state index >= 15 is 0 Å². The Labute approximate surface area is 169 Å². The molecule has 1 aromatic carbocycles. The Balaban J connectivity index is 0.00000243. The van der Waals surface area contributed by atoms with E-state index in [2.05, 4.69) is 38.0 Å². The van der Waals surface area contributed by atoms with Crippen LogP contribution in [-0.2, 0) is 17.9 Å². The highest BCUT2D eigenvalue weighted by molar-refractivity contribution is 14.0. The SMILES string of the molecule is CN=C(NCCOCc1ccccc1)NCc1nnc2ccccn12.I. The van der Waals surface area contributed by atoms with Crippen LogP contribution >= 0.6 is 24.0 Å². The van der Waals surface area contributed by atoms with Crippen LogP contribution in [0.5, 0.6) is 0 Å². The first kappa shape index (κ1) is 20.1. The van der Waals surface area contributed by atoms with Crippen LogP contribution in [0.3, 0.4) is 0 Å². The van der Waals surface area contributed by atoms with Crippen LogP contribution in [0.4, 0.5) is 0 Å². The van der Waals surface area contributed by atoms with Gasteiger partial charge in [0.1, 0.15) is 0 Å². The van der Waals surface area contributed by atoms with Crippen LogP contribution in [0.25, 0.3) is 5.65 Å². The van der Waals surface area contributed by atoms with Crippen molar-refractivity contribution in [3.63, 3.8) is 0 Å². The quantitative estimate of drug-likeness (QED) is 0.242. The first-order chi connectivity index (χ1) is 12.4. The number of benzene rings is 1. The number of guanidine groups is 1. The van der Waals surface area contributed by atoms with Crippen LogP contribution < -0.4 is 10.6 Å². The van der Waals surface area contributed by atoms with E-state index in [0.29, 0.717) is 32.3 Å². The maximum atomic E-state index is 5.65. The number of aliphatic imine (C=N–C) groups is 1. The molecule has 0 aliphatic carbocycles. The van der Waals surface area contributed by atoms with Crippen molar-refractivity contribution in [2.45, 2.75) is 13.2 Å². The molecule has 3 rings (SSSR count). The highest BCUT2D eigenvalue weighted by Crippen LogP contribution is 2.02. The van der Waals surface area contributed by atoms with Crippen LogP contribution in [0.1, 0.15) is 11.4 Å². The van der Waals surface area contributed by atoms with Gasteiger partial charge in [-0.25, -0.2) is 0 Å². The summed E-state index contributed by atoms with van der Waals surface area (Å²) < 4.78 is 7.60. The van der Waals surface area contributed by atoms with E-state index < -0.39 is 0 Å². The highest BCUT2D eigenvalue weighted by atomic mass is 127. The highest BCUT2D eigenvalue weighted by Gasteiger charge is 2.05. The summed E-state index contributed by atoms with van der Waals surface area (Å²) in [6, 6.07) is 15.9. The number of ether oxygens (including phenoxy) is 1. The van der Waals surface area contributed by atoms with E-state index in [1.807, 2.05) is 47.0 Å². The molecule has 0 amide bonds. The largest absolute Gasteiger partial charge is 0.375 e. The zero-order chi connectivity index (χ0) is 17.3. The van der Waals surface area contributed by atoms with Gasteiger partial charge in [0.2, 0.25) is 0 Å². The van der Waals surface area contributed by atoms with Gasteiger partial charge in [0.25, 0.3) is 0 Å². The summed E-state index contributed by atoms with van der Waals surface area (Å²) in [5, 5.41) is 14.8. The Hall–Kier alpha value is -2.20. The van der Waals surface area contributed by atoms with Gasteiger partial charge < -0.3 is 15.4 Å². The molecule has 2 aromatic heterocycles. The fourth-order valence-electron chi connectivity index (χ4n) is 2.40. The molecular formula is C18H23IN6O. The van der Waals surface area contributed by atoms with Crippen LogP contribution in [0.2, 0.25) is 0 Å². The van der Waals surface area contributed by atoms with Gasteiger partial charge in [-0.2, -0.15) is 0 Å². The molecule has 2 heterocycles. The number of nitrogens with zero attached hydrogens (tertiary/aromatic N) is 4. The number of nitrogens with one attached hydrogen (secondary N) is 2. The minimum atomic E-state index is 0. The molecule has 26 heavy (non-hydrogen) atoms. The number of hydrogen-bond acceptors (Lipinski definition) is 4. The van der Waals surface area contributed by atoms with Crippen molar-refractivity contribution < 1.29 is 4.74 Å². The molecule has 138 valence electrons. The van der Waals surface area contributed by atoms with E-state index in [9.17, 15) is 0 Å². The van der Waals surface area contributed by atoms with Crippen molar-refractivity contribution in [3.05, 3.63) is 66.1 Å². The Morgan fingerprint density at radius 2 is 1.88 bits per heavy atom. The molecule has 3 aromatic rings. The van der Waals surface area contributed by atoms with E-state index in [1.54, 1.807) is 7.05 Å². The van der Waals surface area contributed by atoms with Crippen LogP contribution in [-0.4, -0.2) is 40.8 Å². The van der Waals surface area contributed by atoms with Crippen LogP contribution in [0.15, 0.2) is 59.7 Å². The smallest absolute Gasteiger partial charge is 0.191 e. The van der Waals surface area contributed by atoms with Gasteiger partial charge >= 0.3 is 0 Å². The van der Waals surface area contributed by atoms with Crippen molar-refractivity contribution in [2.75, 3.05) is 20.2 Å². The van der Waals surface area contributed by atoms with Gasteiger partial charge in [0.15, 0.2) is 17.4 Å². The maximum Gasteiger partial charge on any atom is 0.191 e. The summed E-state index contributed by atoms with van der Waals surface area (Å²) in [5.74, 6) is 1.54. The maximum absolute atomic E-state index is 5.65. The third-order valence-electron chi connectivity index (χ3n) is 3.67. The van der Waals surface area contributed by atoms with Gasteiger partial charge in [0, 0.05) is 19.8 Å². The first-order valence-corrected chi connectivity index (χ1v) is 8.21. The van der Waals surface area contributed by atoms with Crippen molar-refractivity contribution >= 4 is 35.6 Å². The van der Waals surface area contributed by atoms with Gasteiger partial charge in [-0.1, -0.05) is 36.4 Å². The first-order valence-electron chi connectivity index (χ1n) is 8.21.